The number of halogens is 4. The monoisotopic (exact) mass is 477 g/mol. The highest BCUT2D eigenvalue weighted by molar-refractivity contribution is 7.92. The van der Waals surface area contributed by atoms with E-state index in [0.717, 1.165) is 18.2 Å². The Kier molecular flexibility index (Phi) is 5.58. The van der Waals surface area contributed by atoms with Gasteiger partial charge in [-0.15, -0.1) is 0 Å². The molecule has 0 aliphatic heterocycles. The summed E-state index contributed by atoms with van der Waals surface area (Å²) in [6.45, 7) is 0. The molecule has 2 aromatic heterocycles. The van der Waals surface area contributed by atoms with Gasteiger partial charge in [0.05, 0.1) is 33.6 Å². The second-order valence-electron chi connectivity index (χ2n) is 6.30. The minimum Gasteiger partial charge on any atom is -0.277 e. The SMILES string of the molecule is O=S(=O)(Nc1ccc(F)c(C#Cc2cnn3ccccc23)c1F)c1cc(Cl)ccc1Cl. The van der Waals surface area contributed by atoms with E-state index >= 15 is 0 Å². The van der Waals surface area contributed by atoms with Gasteiger partial charge in [-0.25, -0.2) is 21.7 Å². The number of pyridine rings is 1. The molecular formula is C21H11Cl2F2N3O2S. The maximum absolute atomic E-state index is 15.0. The maximum atomic E-state index is 15.0. The van der Waals surface area contributed by atoms with Crippen molar-refractivity contribution in [2.45, 2.75) is 4.90 Å². The number of hydrogen-bond donors (Lipinski definition) is 1. The molecule has 0 spiro atoms. The second kappa shape index (κ2) is 8.19. The van der Waals surface area contributed by atoms with Crippen LogP contribution in [0.25, 0.3) is 5.52 Å². The quantitative estimate of drug-likeness (QED) is 0.416. The van der Waals surface area contributed by atoms with Crippen molar-refractivity contribution in [2.24, 2.45) is 0 Å². The number of aromatic nitrogens is 2. The summed E-state index contributed by atoms with van der Waals surface area (Å²) in [6.07, 6.45) is 3.17. The van der Waals surface area contributed by atoms with Crippen molar-refractivity contribution in [2.75, 3.05) is 4.72 Å². The van der Waals surface area contributed by atoms with Crippen LogP contribution in [0.15, 0.2) is 65.8 Å². The van der Waals surface area contributed by atoms with Gasteiger partial charge in [0.1, 0.15) is 10.7 Å². The fourth-order valence-electron chi connectivity index (χ4n) is 2.79. The molecule has 0 saturated carbocycles. The molecule has 0 saturated heterocycles. The standard InChI is InChI=1S/C21H11Cl2F2N3O2S/c22-14-5-7-16(23)20(11-14)31(29,30)27-18-9-8-17(24)15(21(18)25)6-4-13-12-26-28-10-2-1-3-19(13)28/h1-3,5,7-12,27H. The predicted molar refractivity (Wildman–Crippen MR) is 115 cm³/mol. The number of benzene rings is 2. The molecule has 0 aliphatic rings. The Hall–Kier alpha value is -3.12. The Labute approximate surface area is 186 Å². The average molecular weight is 478 g/mol. The van der Waals surface area contributed by atoms with Gasteiger partial charge < -0.3 is 0 Å². The van der Waals surface area contributed by atoms with Gasteiger partial charge in [0.25, 0.3) is 10.0 Å². The molecule has 4 rings (SSSR count). The van der Waals surface area contributed by atoms with E-state index in [2.05, 4.69) is 21.7 Å². The molecule has 0 fully saturated rings. The molecule has 0 bridgehead atoms. The lowest BCUT2D eigenvalue weighted by Gasteiger charge is -2.11. The highest BCUT2D eigenvalue weighted by atomic mass is 35.5. The summed E-state index contributed by atoms with van der Waals surface area (Å²) >= 11 is 11.8. The van der Waals surface area contributed by atoms with Crippen LogP contribution in [0.4, 0.5) is 14.5 Å². The van der Waals surface area contributed by atoms with E-state index in [9.17, 15) is 17.2 Å². The van der Waals surface area contributed by atoms with Crippen molar-refractivity contribution < 1.29 is 17.2 Å². The maximum Gasteiger partial charge on any atom is 0.263 e. The van der Waals surface area contributed by atoms with Crippen LogP contribution in [0.5, 0.6) is 0 Å². The van der Waals surface area contributed by atoms with Crippen molar-refractivity contribution in [3.8, 4) is 11.8 Å². The summed E-state index contributed by atoms with van der Waals surface area (Å²) in [5.41, 5.74) is 0.0358. The zero-order valence-electron chi connectivity index (χ0n) is 15.4. The van der Waals surface area contributed by atoms with Gasteiger partial charge in [-0.05, 0) is 42.5 Å². The lowest BCUT2D eigenvalue weighted by molar-refractivity contribution is 0.578. The van der Waals surface area contributed by atoms with E-state index in [1.54, 1.807) is 28.9 Å². The van der Waals surface area contributed by atoms with Crippen molar-refractivity contribution in [1.29, 1.82) is 0 Å². The number of anilines is 1. The Morgan fingerprint density at radius 2 is 1.84 bits per heavy atom. The number of fused-ring (bicyclic) bond motifs is 1. The lowest BCUT2D eigenvalue weighted by Crippen LogP contribution is -2.15. The molecule has 4 aromatic rings. The molecule has 10 heteroatoms. The van der Waals surface area contributed by atoms with Gasteiger partial charge >= 0.3 is 0 Å². The van der Waals surface area contributed by atoms with Gasteiger partial charge in [-0.3, -0.25) is 4.72 Å². The molecule has 0 amide bonds. The van der Waals surface area contributed by atoms with Crippen molar-refractivity contribution in [3.63, 3.8) is 0 Å². The molecule has 156 valence electrons. The predicted octanol–water partition coefficient (Wildman–Crippen LogP) is 5.12. The highest BCUT2D eigenvalue weighted by Gasteiger charge is 2.22. The number of hydrogen-bond acceptors (Lipinski definition) is 3. The molecular weight excluding hydrogens is 467 g/mol. The third kappa shape index (κ3) is 4.21. The molecule has 2 heterocycles. The normalized spacial score (nSPS) is 11.2. The van der Waals surface area contributed by atoms with Crippen LogP contribution in [-0.4, -0.2) is 18.0 Å². The van der Waals surface area contributed by atoms with Crippen LogP contribution in [0.3, 0.4) is 0 Å². The number of sulfonamides is 1. The van der Waals surface area contributed by atoms with Gasteiger partial charge in [-0.1, -0.05) is 41.1 Å². The average Bonchev–Trinajstić information content (AvgIpc) is 3.15. The van der Waals surface area contributed by atoms with E-state index < -0.39 is 32.9 Å². The minimum atomic E-state index is -4.30. The van der Waals surface area contributed by atoms with Crippen molar-refractivity contribution >= 4 is 44.4 Å². The Bertz CT molecular complexity index is 1490. The Morgan fingerprint density at radius 3 is 2.65 bits per heavy atom. The third-order valence-corrected chi connectivity index (χ3v) is 6.35. The summed E-state index contributed by atoms with van der Waals surface area (Å²) in [5, 5.41) is 4.13. The molecule has 0 unspecified atom stereocenters. The number of nitrogens with zero attached hydrogens (tertiary/aromatic N) is 2. The van der Waals surface area contributed by atoms with Crippen molar-refractivity contribution in [1.82, 2.24) is 9.61 Å². The zero-order chi connectivity index (χ0) is 22.2. The summed E-state index contributed by atoms with van der Waals surface area (Å²) in [7, 11) is -4.30. The van der Waals surface area contributed by atoms with E-state index in [-0.39, 0.29) is 14.9 Å². The van der Waals surface area contributed by atoms with E-state index in [1.807, 2.05) is 0 Å². The van der Waals surface area contributed by atoms with Crippen LogP contribution < -0.4 is 4.72 Å². The van der Waals surface area contributed by atoms with Crippen LogP contribution in [0.2, 0.25) is 10.0 Å². The molecule has 0 aliphatic carbocycles. The van der Waals surface area contributed by atoms with Crippen LogP contribution in [-0.2, 0) is 10.0 Å². The summed E-state index contributed by atoms with van der Waals surface area (Å²) < 4.78 is 58.2. The topological polar surface area (TPSA) is 63.5 Å². The first kappa shape index (κ1) is 21.1. The Balaban J connectivity index is 1.73. The Morgan fingerprint density at radius 1 is 1.03 bits per heavy atom. The van der Waals surface area contributed by atoms with Crippen LogP contribution in [0.1, 0.15) is 11.1 Å². The van der Waals surface area contributed by atoms with Gasteiger partial charge in [-0.2, -0.15) is 5.10 Å². The number of rotatable bonds is 3. The first-order chi connectivity index (χ1) is 14.8. The van der Waals surface area contributed by atoms with Crippen molar-refractivity contribution in [3.05, 3.63) is 93.7 Å². The molecule has 0 radical (unpaired) electrons. The van der Waals surface area contributed by atoms with Gasteiger partial charge in [0, 0.05) is 11.2 Å². The molecule has 5 nitrogen and oxygen atoms in total. The molecule has 31 heavy (non-hydrogen) atoms. The first-order valence-electron chi connectivity index (χ1n) is 8.66. The summed E-state index contributed by atoms with van der Waals surface area (Å²) in [5.74, 6) is 3.00. The molecule has 1 N–H and O–H groups in total. The van der Waals surface area contributed by atoms with E-state index in [0.29, 0.717) is 11.1 Å². The van der Waals surface area contributed by atoms with Gasteiger partial charge in [0.15, 0.2) is 5.82 Å². The fraction of sp³-hybridized carbons (Fsp3) is 0. The first-order valence-corrected chi connectivity index (χ1v) is 10.9. The summed E-state index contributed by atoms with van der Waals surface area (Å²) in [4.78, 5) is -0.343. The molecule has 2 aromatic carbocycles. The van der Waals surface area contributed by atoms with Crippen LogP contribution in [0, 0.1) is 23.5 Å². The fourth-order valence-corrected chi connectivity index (χ4v) is 4.61. The van der Waals surface area contributed by atoms with Gasteiger partial charge in [0.2, 0.25) is 0 Å². The number of nitrogens with one attached hydrogen (secondary N) is 1. The largest absolute Gasteiger partial charge is 0.277 e. The highest BCUT2D eigenvalue weighted by Crippen LogP contribution is 2.29. The lowest BCUT2D eigenvalue weighted by atomic mass is 10.1. The van der Waals surface area contributed by atoms with E-state index in [1.165, 1.54) is 18.3 Å². The van der Waals surface area contributed by atoms with E-state index in [4.69, 9.17) is 23.2 Å². The zero-order valence-corrected chi connectivity index (χ0v) is 17.7. The molecule has 0 atom stereocenters. The van der Waals surface area contributed by atoms with Crippen LogP contribution >= 0.6 is 23.2 Å². The third-order valence-electron chi connectivity index (χ3n) is 4.27. The second-order valence-corrected chi connectivity index (χ2v) is 8.80. The minimum absolute atomic E-state index is 0.104. The smallest absolute Gasteiger partial charge is 0.263 e. The summed E-state index contributed by atoms with van der Waals surface area (Å²) in [6, 6.07) is 11.0.